The molecule has 8 nitrogen and oxygen atoms in total. The molecule has 1 amide bonds. The number of rotatable bonds is 8. The molecule has 9 heteroatoms. The van der Waals surface area contributed by atoms with Crippen LogP contribution in [0.2, 0.25) is 0 Å². The van der Waals surface area contributed by atoms with Crippen LogP contribution >= 0.6 is 0 Å². The third-order valence-corrected chi connectivity index (χ3v) is 7.01. The smallest absolute Gasteiger partial charge is 0.240 e. The van der Waals surface area contributed by atoms with Crippen LogP contribution in [0.1, 0.15) is 37.7 Å². The molecule has 0 bridgehead atoms. The van der Waals surface area contributed by atoms with Crippen molar-refractivity contribution in [3.05, 3.63) is 48.3 Å². The Balaban J connectivity index is 1.20. The second-order valence-electron chi connectivity index (χ2n) is 7.92. The summed E-state index contributed by atoms with van der Waals surface area (Å²) >= 11 is 0. The van der Waals surface area contributed by atoms with Crippen LogP contribution in [-0.2, 0) is 21.2 Å². The number of benzene rings is 1. The van der Waals surface area contributed by atoms with Gasteiger partial charge in [0.25, 0.3) is 0 Å². The van der Waals surface area contributed by atoms with E-state index in [1.54, 1.807) is 42.7 Å². The van der Waals surface area contributed by atoms with Gasteiger partial charge in [0.15, 0.2) is 0 Å². The van der Waals surface area contributed by atoms with E-state index in [9.17, 15) is 13.2 Å². The van der Waals surface area contributed by atoms with Crippen molar-refractivity contribution in [3.63, 3.8) is 0 Å². The summed E-state index contributed by atoms with van der Waals surface area (Å²) in [4.78, 5) is 23.3. The standard InChI is InChI=1S/C21H27N5O3S/c27-20(24-17-10-14-26(15-11-17)21-22-12-1-13-23-21)9-4-16-2-7-19(8-3-16)30(28,29)25-18-5-6-18/h1-3,7-8,12-13,17-18,25H,4-6,9-11,14-15H2,(H,24,27). The maximum atomic E-state index is 12.3. The second-order valence-corrected chi connectivity index (χ2v) is 9.63. The summed E-state index contributed by atoms with van der Waals surface area (Å²) in [5.41, 5.74) is 0.951. The van der Waals surface area contributed by atoms with Crippen LogP contribution < -0.4 is 14.9 Å². The topological polar surface area (TPSA) is 104 Å². The molecule has 1 saturated heterocycles. The van der Waals surface area contributed by atoms with Crippen LogP contribution in [-0.4, -0.2) is 49.5 Å². The molecule has 0 unspecified atom stereocenters. The molecule has 160 valence electrons. The Morgan fingerprint density at radius 2 is 1.67 bits per heavy atom. The molecule has 2 heterocycles. The average Bonchev–Trinajstić information content (AvgIpc) is 3.57. The van der Waals surface area contributed by atoms with E-state index in [1.165, 1.54) is 0 Å². The van der Waals surface area contributed by atoms with Crippen LogP contribution in [0.5, 0.6) is 0 Å². The maximum Gasteiger partial charge on any atom is 0.240 e. The van der Waals surface area contributed by atoms with E-state index in [2.05, 4.69) is 24.9 Å². The van der Waals surface area contributed by atoms with Crippen molar-refractivity contribution >= 4 is 21.9 Å². The van der Waals surface area contributed by atoms with E-state index in [0.717, 1.165) is 50.3 Å². The zero-order chi connectivity index (χ0) is 21.0. The number of nitrogens with one attached hydrogen (secondary N) is 2. The van der Waals surface area contributed by atoms with Crippen molar-refractivity contribution in [1.29, 1.82) is 0 Å². The van der Waals surface area contributed by atoms with E-state index in [1.807, 2.05) is 0 Å². The van der Waals surface area contributed by atoms with Crippen LogP contribution in [0.15, 0.2) is 47.6 Å². The van der Waals surface area contributed by atoms with Crippen molar-refractivity contribution in [2.45, 2.75) is 55.5 Å². The lowest BCUT2D eigenvalue weighted by atomic mass is 10.0. The van der Waals surface area contributed by atoms with Gasteiger partial charge in [-0.15, -0.1) is 0 Å². The number of anilines is 1. The minimum Gasteiger partial charge on any atom is -0.353 e. The SMILES string of the molecule is O=C(CCc1ccc(S(=O)(=O)NC2CC2)cc1)NC1CCN(c2ncccn2)CC1. The number of aromatic nitrogens is 2. The molecule has 0 atom stereocenters. The first-order chi connectivity index (χ1) is 14.5. The van der Waals surface area contributed by atoms with Crippen molar-refractivity contribution in [3.8, 4) is 0 Å². The maximum absolute atomic E-state index is 12.3. The first kappa shape index (κ1) is 20.7. The number of hydrogen-bond acceptors (Lipinski definition) is 6. The largest absolute Gasteiger partial charge is 0.353 e. The highest BCUT2D eigenvalue weighted by Gasteiger charge is 2.28. The van der Waals surface area contributed by atoms with Gasteiger partial charge in [-0.3, -0.25) is 4.79 Å². The number of amides is 1. The third-order valence-electron chi connectivity index (χ3n) is 5.47. The van der Waals surface area contributed by atoms with Gasteiger partial charge in [0.1, 0.15) is 0 Å². The molecule has 1 aromatic carbocycles. The highest BCUT2D eigenvalue weighted by molar-refractivity contribution is 7.89. The molecular formula is C21H27N5O3S. The normalized spacial score (nSPS) is 17.7. The number of carbonyl (C=O) groups is 1. The van der Waals surface area contributed by atoms with Crippen molar-refractivity contribution in [1.82, 2.24) is 20.0 Å². The van der Waals surface area contributed by atoms with Crippen molar-refractivity contribution in [2.75, 3.05) is 18.0 Å². The van der Waals surface area contributed by atoms with E-state index < -0.39 is 10.0 Å². The zero-order valence-electron chi connectivity index (χ0n) is 16.8. The van der Waals surface area contributed by atoms with E-state index in [-0.39, 0.29) is 22.9 Å². The van der Waals surface area contributed by atoms with Gasteiger partial charge in [-0.2, -0.15) is 0 Å². The molecule has 1 saturated carbocycles. The Morgan fingerprint density at radius 1 is 1.00 bits per heavy atom. The lowest BCUT2D eigenvalue weighted by Crippen LogP contribution is -2.45. The Morgan fingerprint density at radius 3 is 2.30 bits per heavy atom. The van der Waals surface area contributed by atoms with Crippen molar-refractivity contribution in [2.24, 2.45) is 0 Å². The summed E-state index contributed by atoms with van der Waals surface area (Å²) in [7, 11) is -3.43. The Kier molecular flexibility index (Phi) is 6.29. The molecule has 30 heavy (non-hydrogen) atoms. The number of carbonyl (C=O) groups excluding carboxylic acids is 1. The fourth-order valence-corrected chi connectivity index (χ4v) is 4.86. The summed E-state index contributed by atoms with van der Waals surface area (Å²) in [6, 6.07) is 8.84. The molecule has 0 spiro atoms. The first-order valence-electron chi connectivity index (χ1n) is 10.4. The van der Waals surface area contributed by atoms with Gasteiger partial charge in [0, 0.05) is 44.0 Å². The lowest BCUT2D eigenvalue weighted by Gasteiger charge is -2.32. The van der Waals surface area contributed by atoms with Gasteiger partial charge in [0.2, 0.25) is 21.9 Å². The minimum atomic E-state index is -3.43. The van der Waals surface area contributed by atoms with E-state index in [4.69, 9.17) is 0 Å². The minimum absolute atomic E-state index is 0.0245. The number of aryl methyl sites for hydroxylation is 1. The monoisotopic (exact) mass is 429 g/mol. The Hall–Kier alpha value is -2.52. The van der Waals surface area contributed by atoms with Gasteiger partial charge in [-0.05, 0) is 55.9 Å². The molecule has 2 aromatic rings. The number of nitrogens with zero attached hydrogens (tertiary/aromatic N) is 3. The molecule has 0 radical (unpaired) electrons. The zero-order valence-corrected chi connectivity index (χ0v) is 17.6. The lowest BCUT2D eigenvalue weighted by molar-refractivity contribution is -0.121. The molecule has 1 aliphatic carbocycles. The van der Waals surface area contributed by atoms with E-state index >= 15 is 0 Å². The summed E-state index contributed by atoms with van der Waals surface area (Å²) in [5.74, 6) is 0.761. The van der Waals surface area contributed by atoms with Gasteiger partial charge >= 0.3 is 0 Å². The molecule has 2 fully saturated rings. The van der Waals surface area contributed by atoms with Crippen LogP contribution in [0, 0.1) is 0 Å². The van der Waals surface area contributed by atoms with Crippen LogP contribution in [0.3, 0.4) is 0 Å². The molecule has 4 rings (SSSR count). The summed E-state index contributed by atoms with van der Waals surface area (Å²) < 4.78 is 27.1. The van der Waals surface area contributed by atoms with Crippen LogP contribution in [0.4, 0.5) is 5.95 Å². The Bertz CT molecular complexity index is 954. The second kappa shape index (κ2) is 9.09. The number of sulfonamides is 1. The molecule has 1 aromatic heterocycles. The quantitative estimate of drug-likeness (QED) is 0.661. The first-order valence-corrected chi connectivity index (χ1v) is 11.9. The van der Waals surface area contributed by atoms with Gasteiger partial charge in [-0.25, -0.2) is 23.1 Å². The van der Waals surface area contributed by atoms with Crippen molar-refractivity contribution < 1.29 is 13.2 Å². The molecular weight excluding hydrogens is 402 g/mol. The molecule has 2 N–H and O–H groups in total. The highest BCUT2D eigenvalue weighted by Crippen LogP contribution is 2.22. The number of hydrogen-bond donors (Lipinski definition) is 2. The fourth-order valence-electron chi connectivity index (χ4n) is 3.56. The van der Waals surface area contributed by atoms with Gasteiger partial charge in [0.05, 0.1) is 4.90 Å². The molecule has 1 aliphatic heterocycles. The third kappa shape index (κ3) is 5.54. The summed E-state index contributed by atoms with van der Waals surface area (Å²) in [6.45, 7) is 1.64. The predicted molar refractivity (Wildman–Crippen MR) is 114 cm³/mol. The highest BCUT2D eigenvalue weighted by atomic mass is 32.2. The molecule has 2 aliphatic rings. The summed E-state index contributed by atoms with van der Waals surface area (Å²) in [5, 5.41) is 3.11. The van der Waals surface area contributed by atoms with E-state index in [0.29, 0.717) is 12.8 Å². The van der Waals surface area contributed by atoms with Crippen LogP contribution in [0.25, 0.3) is 0 Å². The fraction of sp³-hybridized carbons (Fsp3) is 0.476. The summed E-state index contributed by atoms with van der Waals surface area (Å²) in [6.07, 6.45) is 7.99. The number of piperidine rings is 1. The van der Waals surface area contributed by atoms with Gasteiger partial charge in [-0.1, -0.05) is 12.1 Å². The van der Waals surface area contributed by atoms with Gasteiger partial charge < -0.3 is 10.2 Å². The average molecular weight is 430 g/mol. The Labute approximate surface area is 177 Å². The predicted octanol–water partition coefficient (Wildman–Crippen LogP) is 1.64.